The van der Waals surface area contributed by atoms with Gasteiger partial charge in [0.15, 0.2) is 0 Å². The van der Waals surface area contributed by atoms with E-state index in [0.29, 0.717) is 19.6 Å². The van der Waals surface area contributed by atoms with Gasteiger partial charge in [0.05, 0.1) is 31.2 Å². The van der Waals surface area contributed by atoms with Crippen LogP contribution in [0.1, 0.15) is 37.1 Å². The molecule has 0 aliphatic carbocycles. The maximum Gasteiger partial charge on any atom is 0.224 e. The van der Waals surface area contributed by atoms with Crippen LogP contribution in [0, 0.1) is 0 Å². The van der Waals surface area contributed by atoms with E-state index in [2.05, 4.69) is 52.3 Å². The van der Waals surface area contributed by atoms with Crippen LogP contribution in [0.3, 0.4) is 0 Å². The highest BCUT2D eigenvalue weighted by Gasteiger charge is 2.11. The molecule has 0 atom stereocenters. The lowest BCUT2D eigenvalue weighted by molar-refractivity contribution is -0.120. The van der Waals surface area contributed by atoms with E-state index in [1.54, 1.807) is 7.11 Å². The summed E-state index contributed by atoms with van der Waals surface area (Å²) in [6.45, 7) is 2.16. The Labute approximate surface area is 248 Å². The average molecular weight is 562 g/mol. The lowest BCUT2D eigenvalue weighted by Crippen LogP contribution is -2.26. The summed E-state index contributed by atoms with van der Waals surface area (Å²) in [4.78, 5) is 17.4. The van der Waals surface area contributed by atoms with Crippen LogP contribution in [0.4, 0.5) is 0 Å². The van der Waals surface area contributed by atoms with Crippen LogP contribution in [0.25, 0.3) is 22.2 Å². The number of para-hydroxylation sites is 2. The van der Waals surface area contributed by atoms with Crippen LogP contribution in [0.5, 0.6) is 11.5 Å². The monoisotopic (exact) mass is 561 g/mol. The zero-order valence-corrected chi connectivity index (χ0v) is 24.3. The maximum absolute atomic E-state index is 12.5. The van der Waals surface area contributed by atoms with Gasteiger partial charge in [-0.15, -0.1) is 0 Å². The molecule has 0 bridgehead atoms. The third-order valence-corrected chi connectivity index (χ3v) is 7.39. The van der Waals surface area contributed by atoms with Gasteiger partial charge in [0.1, 0.15) is 17.3 Å². The second-order valence-electron chi connectivity index (χ2n) is 10.4. The standard InChI is InChI=1S/C36H39N3O3/c1-41-31-14-10-15-32(27-31)42-25-11-24-39-34-17-8-7-16-33(34)38-35(39)18-6-3-9-23-37-36(40)26-28-19-21-30(22-20-28)29-12-4-2-5-13-29/h2,4-5,7-8,10,12-17,19-22,27H,3,6,9,11,18,23-26H2,1H3,(H,37,40). The SMILES string of the molecule is COc1cccc(OCCCn2c(CCCCCNC(=O)Cc3ccc(-c4ccccc4)cc3)nc3ccccc32)c1. The molecule has 0 saturated carbocycles. The molecule has 1 amide bonds. The lowest BCUT2D eigenvalue weighted by atomic mass is 10.0. The number of amides is 1. The number of hydrogen-bond acceptors (Lipinski definition) is 4. The number of fused-ring (bicyclic) bond motifs is 1. The Morgan fingerprint density at radius 1 is 0.786 bits per heavy atom. The van der Waals surface area contributed by atoms with E-state index < -0.39 is 0 Å². The maximum atomic E-state index is 12.5. The lowest BCUT2D eigenvalue weighted by Gasteiger charge is -2.11. The van der Waals surface area contributed by atoms with Gasteiger partial charge in [0.2, 0.25) is 5.91 Å². The molecule has 0 aliphatic heterocycles. The number of methoxy groups -OCH3 is 1. The number of ether oxygens (including phenoxy) is 2. The molecule has 0 fully saturated rings. The van der Waals surface area contributed by atoms with Gasteiger partial charge in [-0.25, -0.2) is 4.98 Å². The smallest absolute Gasteiger partial charge is 0.224 e. The van der Waals surface area contributed by atoms with Gasteiger partial charge in [0.25, 0.3) is 0 Å². The van der Waals surface area contributed by atoms with Gasteiger partial charge in [-0.2, -0.15) is 0 Å². The van der Waals surface area contributed by atoms with Crippen LogP contribution in [0.2, 0.25) is 0 Å². The first kappa shape index (κ1) is 28.9. The van der Waals surface area contributed by atoms with E-state index in [9.17, 15) is 4.79 Å². The van der Waals surface area contributed by atoms with Crippen LogP contribution in [0.15, 0.2) is 103 Å². The van der Waals surface area contributed by atoms with Crippen LogP contribution >= 0.6 is 0 Å². The van der Waals surface area contributed by atoms with E-state index >= 15 is 0 Å². The summed E-state index contributed by atoms with van der Waals surface area (Å²) in [5, 5.41) is 3.08. The highest BCUT2D eigenvalue weighted by molar-refractivity contribution is 5.79. The molecule has 1 heterocycles. The summed E-state index contributed by atoms with van der Waals surface area (Å²) < 4.78 is 13.6. The molecule has 0 spiro atoms. The Kier molecular flexibility index (Phi) is 10.2. The van der Waals surface area contributed by atoms with Crippen molar-refractivity contribution in [1.82, 2.24) is 14.9 Å². The van der Waals surface area contributed by atoms with Crippen molar-refractivity contribution in [2.24, 2.45) is 0 Å². The number of hydrogen-bond donors (Lipinski definition) is 1. The summed E-state index contributed by atoms with van der Waals surface area (Å²) in [5.41, 5.74) is 5.57. The number of imidazole rings is 1. The Balaban J connectivity index is 1.03. The summed E-state index contributed by atoms with van der Waals surface area (Å²) in [6.07, 6.45) is 5.21. The van der Waals surface area contributed by atoms with Gasteiger partial charge in [-0.1, -0.05) is 79.2 Å². The van der Waals surface area contributed by atoms with E-state index in [4.69, 9.17) is 14.5 Å². The summed E-state index contributed by atoms with van der Waals surface area (Å²) >= 11 is 0. The van der Waals surface area contributed by atoms with Gasteiger partial charge >= 0.3 is 0 Å². The van der Waals surface area contributed by atoms with Crippen LogP contribution in [-0.2, 0) is 24.2 Å². The van der Waals surface area contributed by atoms with Crippen molar-refractivity contribution >= 4 is 16.9 Å². The van der Waals surface area contributed by atoms with Gasteiger partial charge in [0, 0.05) is 25.6 Å². The van der Waals surface area contributed by atoms with Crippen molar-refractivity contribution in [3.8, 4) is 22.6 Å². The Morgan fingerprint density at radius 2 is 1.55 bits per heavy atom. The predicted molar refractivity (Wildman–Crippen MR) is 169 cm³/mol. The number of nitrogens with zero attached hydrogens (tertiary/aromatic N) is 2. The van der Waals surface area contributed by atoms with Crippen molar-refractivity contribution in [2.75, 3.05) is 20.3 Å². The molecular weight excluding hydrogens is 522 g/mol. The molecule has 5 rings (SSSR count). The molecule has 0 saturated heterocycles. The van der Waals surface area contributed by atoms with Crippen LogP contribution in [-0.4, -0.2) is 35.7 Å². The van der Waals surface area contributed by atoms with Gasteiger partial charge < -0.3 is 19.4 Å². The molecule has 42 heavy (non-hydrogen) atoms. The van der Waals surface area contributed by atoms with Crippen molar-refractivity contribution in [2.45, 2.75) is 45.1 Å². The largest absolute Gasteiger partial charge is 0.497 e. The van der Waals surface area contributed by atoms with Crippen molar-refractivity contribution in [3.05, 3.63) is 115 Å². The van der Waals surface area contributed by atoms with Gasteiger partial charge in [-0.3, -0.25) is 4.79 Å². The van der Waals surface area contributed by atoms with E-state index in [0.717, 1.165) is 78.1 Å². The first-order chi connectivity index (χ1) is 20.7. The number of unbranched alkanes of at least 4 members (excludes halogenated alkanes) is 2. The normalized spacial score (nSPS) is 11.0. The average Bonchev–Trinajstić information content (AvgIpc) is 3.39. The number of carbonyl (C=O) groups is 1. The molecule has 0 unspecified atom stereocenters. The highest BCUT2D eigenvalue weighted by Crippen LogP contribution is 2.21. The third kappa shape index (κ3) is 8.00. The molecule has 6 nitrogen and oxygen atoms in total. The van der Waals surface area contributed by atoms with E-state index in [-0.39, 0.29) is 5.91 Å². The van der Waals surface area contributed by atoms with Crippen molar-refractivity contribution < 1.29 is 14.3 Å². The fraction of sp³-hybridized carbons (Fsp3) is 0.278. The molecule has 216 valence electrons. The molecule has 6 heteroatoms. The Bertz CT molecular complexity index is 1560. The Hall–Kier alpha value is -4.58. The number of rotatable bonds is 15. The summed E-state index contributed by atoms with van der Waals surface area (Å²) in [7, 11) is 1.66. The third-order valence-electron chi connectivity index (χ3n) is 7.39. The molecular formula is C36H39N3O3. The number of carbonyl (C=O) groups excluding carboxylic acids is 1. The highest BCUT2D eigenvalue weighted by atomic mass is 16.5. The zero-order valence-electron chi connectivity index (χ0n) is 24.3. The summed E-state index contributed by atoms with van der Waals surface area (Å²) in [5.74, 6) is 2.79. The fourth-order valence-corrected chi connectivity index (χ4v) is 5.18. The molecule has 1 N–H and O–H groups in total. The van der Waals surface area contributed by atoms with Crippen LogP contribution < -0.4 is 14.8 Å². The minimum atomic E-state index is 0.0698. The van der Waals surface area contributed by atoms with Gasteiger partial charge in [-0.05, 0) is 60.2 Å². The minimum absolute atomic E-state index is 0.0698. The molecule has 0 aliphatic rings. The quantitative estimate of drug-likeness (QED) is 0.137. The molecule has 5 aromatic rings. The number of benzene rings is 4. The van der Waals surface area contributed by atoms with Crippen molar-refractivity contribution in [3.63, 3.8) is 0 Å². The molecule has 4 aromatic carbocycles. The molecule has 1 aromatic heterocycles. The Morgan fingerprint density at radius 3 is 2.38 bits per heavy atom. The first-order valence-electron chi connectivity index (χ1n) is 14.8. The van der Waals surface area contributed by atoms with E-state index in [1.807, 2.05) is 60.7 Å². The number of aryl methyl sites for hydroxylation is 2. The number of aromatic nitrogens is 2. The second kappa shape index (κ2) is 14.9. The topological polar surface area (TPSA) is 65.4 Å². The zero-order chi connectivity index (χ0) is 29.0. The minimum Gasteiger partial charge on any atom is -0.497 e. The molecule has 0 radical (unpaired) electrons. The number of nitrogens with one attached hydrogen (secondary N) is 1. The van der Waals surface area contributed by atoms with Crippen molar-refractivity contribution in [1.29, 1.82) is 0 Å². The second-order valence-corrected chi connectivity index (χ2v) is 10.4. The fourth-order valence-electron chi connectivity index (χ4n) is 5.18. The van der Waals surface area contributed by atoms with E-state index in [1.165, 1.54) is 5.56 Å². The first-order valence-corrected chi connectivity index (χ1v) is 14.8. The predicted octanol–water partition coefficient (Wildman–Crippen LogP) is 7.25. The summed E-state index contributed by atoms with van der Waals surface area (Å²) in [6, 6.07) is 34.6.